The third-order valence-corrected chi connectivity index (χ3v) is 15.7. The number of nitrogens with one attached hydrogen (secondary N) is 3. The lowest BCUT2D eigenvalue weighted by Gasteiger charge is -2.73. The Labute approximate surface area is 361 Å². The van der Waals surface area contributed by atoms with Crippen LogP contribution in [0.25, 0.3) is 11.0 Å². The molecule has 4 heterocycles. The SMILES string of the molecule is CCC12CC(C3=C(CN4CCN(c5ccc(C(=O)NS(=O)(=O)c6ccc(NCC7(F)CCOCC7)c([N+](=O)[O-])c6)c(Oc6cnc7[nH]ccc7c6)c5)CC4)CCC(C)(C)C3)(C1)C2. The van der Waals surface area contributed by atoms with E-state index in [4.69, 9.17) is 9.47 Å². The standard InChI is InChI=1S/C46H56FN7O7S/c1-4-44-27-45(28-44,29-44)37-24-43(2,3)11-9-32(37)26-52-15-17-53(18-16-52)33-5-7-36(40(22-33)61-34-21-31-10-14-48-41(31)49-25-34)42(55)51-62(58,59)35-6-8-38(39(23-35)54(56)57)50-30-46(47)12-19-60-20-13-46/h5-8,10,14,21-23,25,50H,4,9,11-13,15-20,24,26-30H2,1-3H3,(H,48,49)(H,51,55). The highest BCUT2D eigenvalue weighted by Gasteiger charge is 2.68. The molecule has 0 unspecified atom stereocenters. The Morgan fingerprint density at radius 3 is 2.52 bits per heavy atom. The number of nitro groups is 1. The zero-order valence-electron chi connectivity index (χ0n) is 35.7. The van der Waals surface area contributed by atoms with Crippen LogP contribution in [-0.4, -0.2) is 92.3 Å². The second kappa shape index (κ2) is 15.9. The van der Waals surface area contributed by atoms with Crippen LogP contribution < -0.4 is 19.7 Å². The van der Waals surface area contributed by atoms with Crippen molar-refractivity contribution in [2.24, 2.45) is 16.2 Å². The maximum atomic E-state index is 15.2. The van der Waals surface area contributed by atoms with Crippen LogP contribution in [0.5, 0.6) is 11.5 Å². The van der Waals surface area contributed by atoms with Crippen molar-refractivity contribution in [2.45, 2.75) is 89.1 Å². The number of nitrogens with zero attached hydrogens (tertiary/aromatic N) is 4. The van der Waals surface area contributed by atoms with Crippen LogP contribution in [0.2, 0.25) is 0 Å². The summed E-state index contributed by atoms with van der Waals surface area (Å²) >= 11 is 0. The first-order valence-electron chi connectivity index (χ1n) is 21.9. The van der Waals surface area contributed by atoms with Crippen molar-refractivity contribution in [3.8, 4) is 11.5 Å². The summed E-state index contributed by atoms with van der Waals surface area (Å²) in [5.41, 5.74) is 4.01. The number of nitro benzene ring substituents is 1. The number of sulfonamides is 1. The average Bonchev–Trinajstić information content (AvgIpc) is 3.68. The van der Waals surface area contributed by atoms with Gasteiger partial charge in [-0.1, -0.05) is 38.3 Å². The molecule has 2 aromatic heterocycles. The largest absolute Gasteiger partial charge is 0.455 e. The first-order chi connectivity index (χ1) is 29.6. The lowest BCUT2D eigenvalue weighted by Crippen LogP contribution is -2.63. The number of fused-ring (bicyclic) bond motifs is 1. The molecule has 5 fully saturated rings. The van der Waals surface area contributed by atoms with E-state index in [1.807, 2.05) is 6.07 Å². The van der Waals surface area contributed by atoms with Crippen LogP contribution in [-0.2, 0) is 14.8 Å². The van der Waals surface area contributed by atoms with Crippen molar-refractivity contribution in [2.75, 3.05) is 62.7 Å². The maximum Gasteiger partial charge on any atom is 0.293 e. The molecule has 3 saturated carbocycles. The molecular weight excluding hydrogens is 814 g/mol. The van der Waals surface area contributed by atoms with Crippen LogP contribution in [0, 0.1) is 26.4 Å². The van der Waals surface area contributed by atoms with Crippen LogP contribution in [0.4, 0.5) is 21.5 Å². The van der Waals surface area contributed by atoms with Gasteiger partial charge in [0.1, 0.15) is 28.5 Å². The van der Waals surface area contributed by atoms with Gasteiger partial charge in [-0.3, -0.25) is 19.8 Å². The van der Waals surface area contributed by atoms with Crippen molar-refractivity contribution < 1.29 is 32.0 Å². The van der Waals surface area contributed by atoms with Crippen LogP contribution in [0.15, 0.2) is 77.0 Å². The molecule has 4 aliphatic carbocycles. The number of alkyl halides is 1. The van der Waals surface area contributed by atoms with Crippen molar-refractivity contribution in [3.05, 3.63) is 87.7 Å². The summed E-state index contributed by atoms with van der Waals surface area (Å²) in [5, 5.41) is 15.6. The van der Waals surface area contributed by atoms with E-state index in [0.29, 0.717) is 27.6 Å². The molecule has 62 heavy (non-hydrogen) atoms. The number of anilines is 2. The molecular formula is C46H56FN7O7S. The number of allylic oxidation sites excluding steroid dienone is 1. The van der Waals surface area contributed by atoms with E-state index in [-0.39, 0.29) is 49.6 Å². The molecule has 10 rings (SSSR count). The van der Waals surface area contributed by atoms with Gasteiger partial charge < -0.3 is 24.7 Å². The molecule has 330 valence electrons. The Hall–Kier alpha value is -5.06. The van der Waals surface area contributed by atoms with E-state index in [1.54, 1.807) is 35.5 Å². The smallest absolute Gasteiger partial charge is 0.293 e. The molecule has 0 atom stereocenters. The number of ether oxygens (including phenoxy) is 2. The summed E-state index contributed by atoms with van der Waals surface area (Å²) in [5.74, 6) is -0.515. The van der Waals surface area contributed by atoms with Crippen molar-refractivity contribution in [1.82, 2.24) is 19.6 Å². The molecule has 4 aromatic rings. The van der Waals surface area contributed by atoms with Crippen molar-refractivity contribution in [1.29, 1.82) is 0 Å². The number of carbonyl (C=O) groups is 1. The highest BCUT2D eigenvalue weighted by Crippen LogP contribution is 2.79. The molecule has 2 aromatic carbocycles. The first-order valence-corrected chi connectivity index (χ1v) is 23.3. The van der Waals surface area contributed by atoms with Crippen LogP contribution >= 0.6 is 0 Å². The highest BCUT2D eigenvalue weighted by molar-refractivity contribution is 7.90. The second-order valence-corrected chi connectivity index (χ2v) is 20.9. The normalized spacial score (nSPS) is 24.5. The first kappa shape index (κ1) is 42.3. The number of pyridine rings is 1. The van der Waals surface area contributed by atoms with E-state index in [2.05, 4.69) is 50.6 Å². The third-order valence-electron chi connectivity index (χ3n) is 14.4. The number of hydrogen-bond acceptors (Lipinski definition) is 11. The molecule has 3 N–H and O–H groups in total. The lowest BCUT2D eigenvalue weighted by molar-refractivity contribution is -0.384. The second-order valence-electron chi connectivity index (χ2n) is 19.2. The summed E-state index contributed by atoms with van der Waals surface area (Å²) < 4.78 is 56.2. The van der Waals surface area contributed by atoms with E-state index in [0.717, 1.165) is 55.9 Å². The van der Waals surface area contributed by atoms with E-state index in [1.165, 1.54) is 63.3 Å². The zero-order chi connectivity index (χ0) is 43.5. The van der Waals surface area contributed by atoms with Gasteiger partial charge in [0.15, 0.2) is 0 Å². The molecule has 2 saturated heterocycles. The number of H-pyrrole nitrogens is 1. The van der Waals surface area contributed by atoms with Gasteiger partial charge in [0.2, 0.25) is 0 Å². The fourth-order valence-corrected chi connectivity index (χ4v) is 11.6. The number of amides is 1. The van der Waals surface area contributed by atoms with Crippen molar-refractivity contribution in [3.63, 3.8) is 0 Å². The van der Waals surface area contributed by atoms with Gasteiger partial charge in [0.25, 0.3) is 21.6 Å². The maximum absolute atomic E-state index is 15.2. The number of benzene rings is 2. The fourth-order valence-electron chi connectivity index (χ4n) is 10.7. The third kappa shape index (κ3) is 8.28. The lowest BCUT2D eigenvalue weighted by atomic mass is 9.31. The van der Waals surface area contributed by atoms with E-state index in [9.17, 15) is 23.3 Å². The number of piperazine rings is 1. The van der Waals surface area contributed by atoms with Crippen LogP contribution in [0.1, 0.15) is 88.9 Å². The predicted octanol–water partition coefficient (Wildman–Crippen LogP) is 8.52. The Bertz CT molecular complexity index is 2520. The molecule has 16 heteroatoms. The van der Waals surface area contributed by atoms with Gasteiger partial charge in [-0.15, -0.1) is 0 Å². The Morgan fingerprint density at radius 2 is 1.79 bits per heavy atom. The van der Waals surface area contributed by atoms with Gasteiger partial charge in [-0.25, -0.2) is 22.5 Å². The number of halogens is 1. The summed E-state index contributed by atoms with van der Waals surface area (Å²) in [7, 11) is -4.62. The number of aromatic nitrogens is 2. The molecule has 14 nitrogen and oxygen atoms in total. The zero-order valence-corrected chi connectivity index (χ0v) is 36.5. The van der Waals surface area contributed by atoms with Crippen LogP contribution in [0.3, 0.4) is 0 Å². The van der Waals surface area contributed by atoms with Gasteiger partial charge >= 0.3 is 0 Å². The Morgan fingerprint density at radius 1 is 1.03 bits per heavy atom. The predicted molar refractivity (Wildman–Crippen MR) is 235 cm³/mol. The Kier molecular flexibility index (Phi) is 10.9. The summed E-state index contributed by atoms with van der Waals surface area (Å²) in [4.78, 5) is 37.0. The molecule has 0 spiro atoms. The van der Waals surface area contributed by atoms with Crippen molar-refractivity contribution >= 4 is 44.0 Å². The summed E-state index contributed by atoms with van der Waals surface area (Å²) in [6.07, 6.45) is 12.5. The number of rotatable bonds is 14. The minimum absolute atomic E-state index is 0.0431. The summed E-state index contributed by atoms with van der Waals surface area (Å²) in [6, 6.07) is 11.9. The monoisotopic (exact) mass is 869 g/mol. The summed E-state index contributed by atoms with van der Waals surface area (Å²) in [6.45, 7) is 11.7. The van der Waals surface area contributed by atoms with Gasteiger partial charge in [-0.05, 0) is 91.2 Å². The molecule has 1 amide bonds. The molecule has 0 radical (unpaired) electrons. The number of aromatic amines is 1. The highest BCUT2D eigenvalue weighted by atomic mass is 32.2. The molecule has 2 aliphatic heterocycles. The van der Waals surface area contributed by atoms with Gasteiger partial charge in [0.05, 0.1) is 21.6 Å². The van der Waals surface area contributed by atoms with E-state index < -0.39 is 37.1 Å². The topological polar surface area (TPSA) is 172 Å². The number of hydrogen-bond donors (Lipinski definition) is 3. The molecule has 6 aliphatic rings. The fraction of sp³-hybridized carbons (Fsp3) is 0.522. The number of carbonyl (C=O) groups excluding carboxylic acids is 1. The van der Waals surface area contributed by atoms with Gasteiger partial charge in [-0.2, -0.15) is 0 Å². The molecule has 2 bridgehead atoms. The average molecular weight is 870 g/mol. The quantitative estimate of drug-likeness (QED) is 0.0630. The van der Waals surface area contributed by atoms with E-state index >= 15 is 4.39 Å². The Balaban J connectivity index is 0.921. The minimum atomic E-state index is -4.62. The minimum Gasteiger partial charge on any atom is -0.455 e. The van der Waals surface area contributed by atoms with Gasteiger partial charge in [0, 0.05) is 94.7 Å².